The Labute approximate surface area is 244 Å². The SMILES string of the molecule is O=C(NC(=S)Nc1ccc2oc(-c3ccc(-c4ccccc4)cc3)nc2c1)c1ccc(-c2ccc(Cl)cc2Cl)o1. The lowest BCUT2D eigenvalue weighted by Crippen LogP contribution is -2.33. The van der Waals surface area contributed by atoms with Crippen LogP contribution in [-0.2, 0) is 0 Å². The highest BCUT2D eigenvalue weighted by Gasteiger charge is 2.16. The van der Waals surface area contributed by atoms with E-state index < -0.39 is 5.91 Å². The van der Waals surface area contributed by atoms with Crippen LogP contribution in [0.1, 0.15) is 10.6 Å². The first-order chi connectivity index (χ1) is 19.4. The number of rotatable bonds is 5. The monoisotopic (exact) mass is 583 g/mol. The minimum absolute atomic E-state index is 0.0834. The zero-order chi connectivity index (χ0) is 27.6. The molecule has 0 aliphatic rings. The van der Waals surface area contributed by atoms with Crippen LogP contribution in [0.2, 0.25) is 10.0 Å². The number of hydrogen-bond donors (Lipinski definition) is 2. The van der Waals surface area contributed by atoms with Crippen molar-refractivity contribution in [3.05, 3.63) is 119 Å². The largest absolute Gasteiger partial charge is 0.451 e. The summed E-state index contributed by atoms with van der Waals surface area (Å²) in [6.45, 7) is 0. The first-order valence-electron chi connectivity index (χ1n) is 12.2. The molecule has 1 amide bonds. The lowest BCUT2D eigenvalue weighted by molar-refractivity contribution is 0.0951. The van der Waals surface area contributed by atoms with Gasteiger partial charge in [-0.3, -0.25) is 10.1 Å². The number of carbonyl (C=O) groups excluding carboxylic acids is 1. The van der Waals surface area contributed by atoms with E-state index in [0.29, 0.717) is 44.0 Å². The van der Waals surface area contributed by atoms with Crippen molar-refractivity contribution < 1.29 is 13.6 Å². The molecule has 40 heavy (non-hydrogen) atoms. The highest BCUT2D eigenvalue weighted by molar-refractivity contribution is 7.80. The minimum atomic E-state index is -0.502. The molecular weight excluding hydrogens is 565 g/mol. The maximum Gasteiger partial charge on any atom is 0.293 e. The van der Waals surface area contributed by atoms with Crippen molar-refractivity contribution in [2.24, 2.45) is 0 Å². The molecule has 2 N–H and O–H groups in total. The van der Waals surface area contributed by atoms with Crippen molar-refractivity contribution in [1.82, 2.24) is 10.3 Å². The summed E-state index contributed by atoms with van der Waals surface area (Å²) in [4.78, 5) is 17.3. The zero-order valence-electron chi connectivity index (χ0n) is 20.7. The number of furan rings is 1. The van der Waals surface area contributed by atoms with Crippen molar-refractivity contribution in [2.75, 3.05) is 5.32 Å². The number of fused-ring (bicyclic) bond motifs is 1. The fourth-order valence-corrected chi connectivity index (χ4v) is 4.90. The van der Waals surface area contributed by atoms with Gasteiger partial charge in [-0.25, -0.2) is 4.98 Å². The van der Waals surface area contributed by atoms with E-state index in [4.69, 9.17) is 44.3 Å². The van der Waals surface area contributed by atoms with E-state index in [9.17, 15) is 4.79 Å². The molecule has 0 radical (unpaired) electrons. The van der Waals surface area contributed by atoms with Crippen molar-refractivity contribution in [1.29, 1.82) is 0 Å². The molecule has 6 rings (SSSR count). The molecule has 0 spiro atoms. The summed E-state index contributed by atoms with van der Waals surface area (Å²) in [5.41, 5.74) is 5.67. The predicted octanol–water partition coefficient (Wildman–Crippen LogP) is 8.86. The quantitative estimate of drug-likeness (QED) is 0.197. The molecule has 0 bridgehead atoms. The Morgan fingerprint density at radius 2 is 1.52 bits per heavy atom. The molecule has 196 valence electrons. The van der Waals surface area contributed by atoms with Crippen molar-refractivity contribution in [3.63, 3.8) is 0 Å². The number of nitrogens with zero attached hydrogens (tertiary/aromatic N) is 1. The second-order valence-electron chi connectivity index (χ2n) is 8.84. The number of aromatic nitrogens is 1. The number of oxazole rings is 1. The molecule has 0 aliphatic heterocycles. The lowest BCUT2D eigenvalue weighted by atomic mass is 10.0. The first kappa shape index (κ1) is 25.8. The summed E-state index contributed by atoms with van der Waals surface area (Å²) in [5.74, 6) is 0.530. The standard InChI is InChI=1S/C31H19Cl2N3O3S/c32-21-10-12-23(24(33)16-21)26-14-15-28(38-26)29(37)36-31(40)34-22-11-13-27-25(17-22)35-30(39-27)20-8-6-19(7-9-20)18-4-2-1-3-5-18/h1-17H,(H2,34,36,37,40). The Kier molecular flexibility index (Phi) is 7.09. The van der Waals surface area contributed by atoms with E-state index in [1.165, 1.54) is 0 Å². The van der Waals surface area contributed by atoms with Crippen LogP contribution in [0.15, 0.2) is 112 Å². The second kappa shape index (κ2) is 11.0. The van der Waals surface area contributed by atoms with Crippen LogP contribution >= 0.6 is 35.4 Å². The summed E-state index contributed by atoms with van der Waals surface area (Å²) in [5, 5.41) is 6.65. The molecule has 0 aliphatic carbocycles. The molecule has 0 saturated carbocycles. The van der Waals surface area contributed by atoms with Gasteiger partial charge in [0.25, 0.3) is 5.91 Å². The van der Waals surface area contributed by atoms with Gasteiger partial charge < -0.3 is 14.2 Å². The van der Waals surface area contributed by atoms with Gasteiger partial charge in [-0.15, -0.1) is 0 Å². The number of carbonyl (C=O) groups is 1. The summed E-state index contributed by atoms with van der Waals surface area (Å²) in [6.07, 6.45) is 0. The van der Waals surface area contributed by atoms with Crippen LogP contribution < -0.4 is 10.6 Å². The summed E-state index contributed by atoms with van der Waals surface area (Å²) < 4.78 is 11.7. The third-order valence-corrected chi connectivity index (χ3v) is 6.89. The number of anilines is 1. The third-order valence-electron chi connectivity index (χ3n) is 6.14. The molecule has 6 aromatic rings. The van der Waals surface area contributed by atoms with Crippen LogP contribution in [0.3, 0.4) is 0 Å². The zero-order valence-corrected chi connectivity index (χ0v) is 23.0. The number of thiocarbonyl (C=S) groups is 1. The van der Waals surface area contributed by atoms with Crippen LogP contribution in [0.5, 0.6) is 0 Å². The Morgan fingerprint density at radius 3 is 2.30 bits per heavy atom. The van der Waals surface area contributed by atoms with Crippen molar-refractivity contribution in [3.8, 4) is 33.9 Å². The topological polar surface area (TPSA) is 80.3 Å². The Morgan fingerprint density at radius 1 is 0.775 bits per heavy atom. The minimum Gasteiger partial charge on any atom is -0.451 e. The fourth-order valence-electron chi connectivity index (χ4n) is 4.19. The number of nitrogens with one attached hydrogen (secondary N) is 2. The number of hydrogen-bond acceptors (Lipinski definition) is 5. The van der Waals surface area contributed by atoms with Crippen LogP contribution in [-0.4, -0.2) is 16.0 Å². The van der Waals surface area contributed by atoms with Crippen molar-refractivity contribution in [2.45, 2.75) is 0 Å². The lowest BCUT2D eigenvalue weighted by Gasteiger charge is -2.08. The van der Waals surface area contributed by atoms with Gasteiger partial charge in [0.1, 0.15) is 11.3 Å². The molecular formula is C31H19Cl2N3O3S. The number of amides is 1. The van der Waals surface area contributed by atoms with Crippen LogP contribution in [0.4, 0.5) is 5.69 Å². The average Bonchev–Trinajstić information content (AvgIpc) is 3.61. The summed E-state index contributed by atoms with van der Waals surface area (Å²) in [6, 6.07) is 31.8. The smallest absolute Gasteiger partial charge is 0.293 e. The summed E-state index contributed by atoms with van der Waals surface area (Å²) in [7, 11) is 0. The highest BCUT2D eigenvalue weighted by atomic mass is 35.5. The van der Waals surface area contributed by atoms with E-state index in [1.807, 2.05) is 42.5 Å². The molecule has 0 unspecified atom stereocenters. The van der Waals surface area contributed by atoms with E-state index in [2.05, 4.69) is 27.8 Å². The fraction of sp³-hybridized carbons (Fsp3) is 0. The van der Waals surface area contributed by atoms with E-state index in [1.54, 1.807) is 48.5 Å². The molecule has 6 nitrogen and oxygen atoms in total. The van der Waals surface area contributed by atoms with Gasteiger partial charge in [0, 0.05) is 21.8 Å². The molecule has 9 heteroatoms. The van der Waals surface area contributed by atoms with Gasteiger partial charge >= 0.3 is 0 Å². The normalized spacial score (nSPS) is 10.9. The van der Waals surface area contributed by atoms with E-state index in [-0.39, 0.29) is 10.9 Å². The molecule has 4 aromatic carbocycles. The summed E-state index contributed by atoms with van der Waals surface area (Å²) >= 11 is 17.5. The Hall–Kier alpha value is -4.43. The van der Waals surface area contributed by atoms with Gasteiger partial charge in [0.2, 0.25) is 5.89 Å². The number of halogens is 2. The first-order valence-corrected chi connectivity index (χ1v) is 13.3. The molecule has 0 saturated heterocycles. The number of benzene rings is 4. The van der Waals surface area contributed by atoms with Crippen LogP contribution in [0, 0.1) is 0 Å². The van der Waals surface area contributed by atoms with Gasteiger partial charge in [-0.2, -0.15) is 0 Å². The van der Waals surface area contributed by atoms with E-state index >= 15 is 0 Å². The molecule has 0 atom stereocenters. The second-order valence-corrected chi connectivity index (χ2v) is 10.1. The van der Waals surface area contributed by atoms with Crippen LogP contribution in [0.25, 0.3) is 45.0 Å². The van der Waals surface area contributed by atoms with Gasteiger partial charge in [-0.1, -0.05) is 65.7 Å². The van der Waals surface area contributed by atoms with E-state index in [0.717, 1.165) is 16.7 Å². The molecule has 2 heterocycles. The Balaban J connectivity index is 1.12. The van der Waals surface area contributed by atoms with Gasteiger partial charge in [0.15, 0.2) is 16.5 Å². The van der Waals surface area contributed by atoms with Crippen molar-refractivity contribution >= 4 is 63.2 Å². The van der Waals surface area contributed by atoms with Gasteiger partial charge in [-0.05, 0) is 84.0 Å². The van der Waals surface area contributed by atoms with Gasteiger partial charge in [0.05, 0.1) is 5.02 Å². The maximum absolute atomic E-state index is 12.7. The molecule has 2 aromatic heterocycles. The highest BCUT2D eigenvalue weighted by Crippen LogP contribution is 2.32. The molecule has 0 fully saturated rings. The average molecular weight is 584 g/mol. The Bertz CT molecular complexity index is 1860. The predicted molar refractivity (Wildman–Crippen MR) is 163 cm³/mol. The maximum atomic E-state index is 12.7. The third kappa shape index (κ3) is 5.49.